The van der Waals surface area contributed by atoms with Crippen LogP contribution in [0.25, 0.3) is 0 Å². The largest absolute Gasteiger partial charge is 0.454 e. The van der Waals surface area contributed by atoms with Crippen LogP contribution in [0.3, 0.4) is 0 Å². The third-order valence-electron chi connectivity index (χ3n) is 3.50. The first-order chi connectivity index (χ1) is 8.40. The highest BCUT2D eigenvalue weighted by molar-refractivity contribution is 6.03. The fraction of sp³-hybridized carbons (Fsp3) is 0.467. The van der Waals surface area contributed by atoms with Crippen molar-refractivity contribution in [3.8, 4) is 0 Å². The van der Waals surface area contributed by atoms with Gasteiger partial charge in [-0.05, 0) is 37.5 Å². The zero-order valence-corrected chi connectivity index (χ0v) is 11.0. The first kappa shape index (κ1) is 12.8. The standard InChI is InChI=1S/C15H18O3/c1-10-5-4-6-11-9-13(18-14(11)17)15(2,3)8-7-12(10)16/h5,7-9,13H,4,6H2,1-3H3/b8-7-,10-5+/t13-/m0/s1. The second-order valence-electron chi connectivity index (χ2n) is 5.46. The van der Waals surface area contributed by atoms with Gasteiger partial charge in [-0.15, -0.1) is 0 Å². The SMILES string of the molecule is C/C1=C\CCC2=C[C@H](OC2=O)C(C)(C)/C=C\C1=O. The lowest BCUT2D eigenvalue weighted by Gasteiger charge is -2.25. The summed E-state index contributed by atoms with van der Waals surface area (Å²) in [5.41, 5.74) is 1.09. The van der Waals surface area contributed by atoms with Gasteiger partial charge in [0.2, 0.25) is 0 Å². The van der Waals surface area contributed by atoms with Gasteiger partial charge in [0.05, 0.1) is 0 Å². The molecule has 2 bridgehead atoms. The summed E-state index contributed by atoms with van der Waals surface area (Å²) < 4.78 is 5.36. The van der Waals surface area contributed by atoms with E-state index in [1.807, 2.05) is 39.0 Å². The van der Waals surface area contributed by atoms with Crippen molar-refractivity contribution in [1.82, 2.24) is 0 Å². The minimum Gasteiger partial charge on any atom is -0.454 e. The van der Waals surface area contributed by atoms with Gasteiger partial charge in [0.25, 0.3) is 0 Å². The van der Waals surface area contributed by atoms with E-state index >= 15 is 0 Å². The molecule has 0 spiro atoms. The molecule has 1 aliphatic heterocycles. The number of carbonyl (C=O) groups is 2. The molecule has 1 aliphatic carbocycles. The Morgan fingerprint density at radius 3 is 2.78 bits per heavy atom. The summed E-state index contributed by atoms with van der Waals surface area (Å²) in [5, 5.41) is 0. The molecule has 1 atom stereocenters. The molecule has 0 radical (unpaired) electrons. The van der Waals surface area contributed by atoms with Gasteiger partial charge in [-0.2, -0.15) is 0 Å². The van der Waals surface area contributed by atoms with E-state index in [1.165, 1.54) is 0 Å². The van der Waals surface area contributed by atoms with Gasteiger partial charge in [-0.1, -0.05) is 26.0 Å². The van der Waals surface area contributed by atoms with Crippen LogP contribution >= 0.6 is 0 Å². The smallest absolute Gasteiger partial charge is 0.334 e. The van der Waals surface area contributed by atoms with Crippen LogP contribution in [-0.2, 0) is 14.3 Å². The van der Waals surface area contributed by atoms with Crippen molar-refractivity contribution in [2.24, 2.45) is 5.41 Å². The Morgan fingerprint density at radius 1 is 1.33 bits per heavy atom. The van der Waals surface area contributed by atoms with E-state index in [0.717, 1.165) is 11.1 Å². The second kappa shape index (κ2) is 4.56. The molecule has 2 aliphatic rings. The molecule has 0 N–H and O–H groups in total. The first-order valence-electron chi connectivity index (χ1n) is 6.22. The maximum atomic E-state index is 11.8. The van der Waals surface area contributed by atoms with Crippen molar-refractivity contribution >= 4 is 11.8 Å². The van der Waals surface area contributed by atoms with Gasteiger partial charge >= 0.3 is 5.97 Å². The van der Waals surface area contributed by atoms with E-state index in [1.54, 1.807) is 6.08 Å². The Kier molecular flexibility index (Phi) is 3.24. The first-order valence-corrected chi connectivity index (χ1v) is 6.22. The Balaban J connectivity index is 2.37. The van der Waals surface area contributed by atoms with Crippen molar-refractivity contribution in [2.45, 2.75) is 39.7 Å². The molecule has 0 aromatic rings. The molecule has 0 saturated heterocycles. The summed E-state index contributed by atoms with van der Waals surface area (Å²) in [6.45, 7) is 5.73. The number of fused-ring (bicyclic) bond motifs is 1. The lowest BCUT2D eigenvalue weighted by molar-refractivity contribution is -0.142. The molecule has 0 saturated carbocycles. The molecule has 0 aromatic heterocycles. The zero-order chi connectivity index (χ0) is 13.3. The fourth-order valence-electron chi connectivity index (χ4n) is 2.09. The molecule has 2 rings (SSSR count). The Morgan fingerprint density at radius 2 is 2.06 bits per heavy atom. The van der Waals surface area contributed by atoms with Crippen molar-refractivity contribution in [3.63, 3.8) is 0 Å². The topological polar surface area (TPSA) is 43.4 Å². The van der Waals surface area contributed by atoms with Gasteiger partial charge in [0.15, 0.2) is 5.78 Å². The monoisotopic (exact) mass is 246 g/mol. The number of carbonyl (C=O) groups excluding carboxylic acids is 2. The van der Waals surface area contributed by atoms with E-state index in [2.05, 4.69) is 0 Å². The molecule has 18 heavy (non-hydrogen) atoms. The highest BCUT2D eigenvalue weighted by atomic mass is 16.5. The average molecular weight is 246 g/mol. The number of rotatable bonds is 0. The molecule has 0 fully saturated rings. The minimum absolute atomic E-state index is 0.0252. The van der Waals surface area contributed by atoms with Gasteiger partial charge in [0.1, 0.15) is 6.10 Å². The normalized spacial score (nSPS) is 31.8. The number of ketones is 1. The Hall–Kier alpha value is -1.64. The number of allylic oxidation sites excluding steroid dienone is 3. The van der Waals surface area contributed by atoms with Crippen LogP contribution in [0.15, 0.2) is 35.5 Å². The predicted molar refractivity (Wildman–Crippen MR) is 68.9 cm³/mol. The molecular formula is C15H18O3. The lowest BCUT2D eigenvalue weighted by atomic mass is 9.85. The van der Waals surface area contributed by atoms with Crippen molar-refractivity contribution in [1.29, 1.82) is 0 Å². The predicted octanol–water partition coefficient (Wildman–Crippen LogP) is 2.73. The van der Waals surface area contributed by atoms with Crippen molar-refractivity contribution < 1.29 is 14.3 Å². The molecule has 0 amide bonds. The number of hydrogen-bond acceptors (Lipinski definition) is 3. The average Bonchev–Trinajstić information content (AvgIpc) is 2.67. The Bertz CT molecular complexity index is 478. The van der Waals surface area contributed by atoms with E-state index < -0.39 is 0 Å². The van der Waals surface area contributed by atoms with Crippen molar-refractivity contribution in [2.75, 3.05) is 0 Å². The summed E-state index contributed by atoms with van der Waals surface area (Å²) in [7, 11) is 0. The summed E-state index contributed by atoms with van der Waals surface area (Å²) in [4.78, 5) is 23.5. The second-order valence-corrected chi connectivity index (χ2v) is 5.46. The van der Waals surface area contributed by atoms with Gasteiger partial charge in [0, 0.05) is 11.0 Å². The summed E-state index contributed by atoms with van der Waals surface area (Å²) in [5.74, 6) is -0.198. The highest BCUT2D eigenvalue weighted by Crippen LogP contribution is 2.33. The summed E-state index contributed by atoms with van der Waals surface area (Å²) in [6.07, 6.45) is 8.24. The van der Waals surface area contributed by atoms with E-state index in [0.29, 0.717) is 12.8 Å². The Labute approximate surface area is 107 Å². The lowest BCUT2D eigenvalue weighted by Crippen LogP contribution is -2.27. The summed E-state index contributed by atoms with van der Waals surface area (Å²) in [6, 6.07) is 0. The van der Waals surface area contributed by atoms with Crippen LogP contribution < -0.4 is 0 Å². The van der Waals surface area contributed by atoms with Crippen LogP contribution in [0, 0.1) is 5.41 Å². The maximum Gasteiger partial charge on any atom is 0.334 e. The van der Waals surface area contributed by atoms with Crippen LogP contribution in [0.2, 0.25) is 0 Å². The molecule has 0 unspecified atom stereocenters. The number of hydrogen-bond donors (Lipinski definition) is 0. The van der Waals surface area contributed by atoms with Crippen molar-refractivity contribution in [3.05, 3.63) is 35.5 Å². The van der Waals surface area contributed by atoms with Crippen LogP contribution in [-0.4, -0.2) is 17.9 Å². The molecular weight excluding hydrogens is 228 g/mol. The van der Waals surface area contributed by atoms with E-state index in [-0.39, 0.29) is 23.3 Å². The van der Waals surface area contributed by atoms with Crippen LogP contribution in [0.4, 0.5) is 0 Å². The molecule has 1 heterocycles. The molecule has 3 heteroatoms. The van der Waals surface area contributed by atoms with Crippen LogP contribution in [0.1, 0.15) is 33.6 Å². The quantitative estimate of drug-likeness (QED) is 0.617. The number of ether oxygens (including phenoxy) is 1. The molecule has 0 aromatic carbocycles. The van der Waals surface area contributed by atoms with Crippen LogP contribution in [0.5, 0.6) is 0 Å². The zero-order valence-electron chi connectivity index (χ0n) is 11.0. The minimum atomic E-state index is -0.363. The maximum absolute atomic E-state index is 11.8. The van der Waals surface area contributed by atoms with Gasteiger partial charge < -0.3 is 4.74 Å². The third-order valence-corrected chi connectivity index (χ3v) is 3.50. The molecule has 3 nitrogen and oxygen atoms in total. The number of esters is 1. The molecule has 96 valence electrons. The van der Waals surface area contributed by atoms with Gasteiger partial charge in [-0.25, -0.2) is 4.79 Å². The highest BCUT2D eigenvalue weighted by Gasteiger charge is 2.35. The van der Waals surface area contributed by atoms with E-state index in [4.69, 9.17) is 4.74 Å². The van der Waals surface area contributed by atoms with Gasteiger partial charge in [-0.3, -0.25) is 4.79 Å². The fourth-order valence-corrected chi connectivity index (χ4v) is 2.09. The summed E-state index contributed by atoms with van der Waals surface area (Å²) >= 11 is 0. The van der Waals surface area contributed by atoms with E-state index in [9.17, 15) is 9.59 Å². The third kappa shape index (κ3) is 2.45.